The first-order chi connectivity index (χ1) is 6.18. The van der Waals surface area contributed by atoms with Crippen LogP contribution in [0.5, 0.6) is 0 Å². The van der Waals surface area contributed by atoms with E-state index < -0.39 is 8.07 Å². The maximum Gasteiger partial charge on any atom is 0.0538 e. The molecule has 1 rings (SSSR count). The van der Waals surface area contributed by atoms with E-state index in [0.717, 1.165) is 5.92 Å². The van der Waals surface area contributed by atoms with Crippen LogP contribution in [0.25, 0.3) is 0 Å². The third kappa shape index (κ3) is 3.45. The molecule has 0 amide bonds. The zero-order valence-corrected chi connectivity index (χ0v) is 10.7. The van der Waals surface area contributed by atoms with Crippen LogP contribution in [0.3, 0.4) is 0 Å². The highest BCUT2D eigenvalue weighted by Gasteiger charge is 2.35. The van der Waals surface area contributed by atoms with Gasteiger partial charge >= 0.3 is 0 Å². The van der Waals surface area contributed by atoms with E-state index in [1.165, 1.54) is 12.8 Å². The third-order valence-electron chi connectivity index (χ3n) is 3.57. The molecule has 1 aliphatic heterocycles. The fourth-order valence-electron chi connectivity index (χ4n) is 3.10. The summed E-state index contributed by atoms with van der Waals surface area (Å²) in [5.74, 6) is 0.960. The number of unbranched alkanes of at least 4 members (excludes halogenated alkanes) is 1. The van der Waals surface area contributed by atoms with Crippen LogP contribution in [0.1, 0.15) is 46.5 Å². The molecule has 0 aromatic heterocycles. The van der Waals surface area contributed by atoms with Crippen molar-refractivity contribution in [2.45, 2.75) is 70.6 Å². The first-order valence-electron chi connectivity index (χ1n) is 6.18. The molecule has 1 saturated heterocycles. The van der Waals surface area contributed by atoms with Gasteiger partial charge < -0.3 is 0 Å². The zero-order valence-electron chi connectivity index (χ0n) is 9.73. The molecule has 13 heavy (non-hydrogen) atoms. The summed E-state index contributed by atoms with van der Waals surface area (Å²) in [7, 11) is -0.716. The van der Waals surface area contributed by atoms with Crippen LogP contribution in [0.4, 0.5) is 0 Å². The predicted octanol–water partition coefficient (Wildman–Crippen LogP) is 4.69. The van der Waals surface area contributed by atoms with Crippen LogP contribution in [0.15, 0.2) is 0 Å². The van der Waals surface area contributed by atoms with Crippen molar-refractivity contribution in [2.24, 2.45) is 5.92 Å². The monoisotopic (exact) mass is 198 g/mol. The normalized spacial score (nSPS) is 21.2. The Morgan fingerprint density at radius 3 is 2.23 bits per heavy atom. The summed E-state index contributed by atoms with van der Waals surface area (Å²) in [5, 5.41) is 0. The van der Waals surface area contributed by atoms with Gasteiger partial charge in [-0.15, -0.1) is 0 Å². The van der Waals surface area contributed by atoms with Crippen LogP contribution in [0, 0.1) is 5.92 Å². The Morgan fingerprint density at radius 1 is 1.15 bits per heavy atom. The fourth-order valence-corrected chi connectivity index (χ4v) is 9.30. The molecule has 1 heteroatoms. The van der Waals surface area contributed by atoms with Gasteiger partial charge in [-0.05, 0) is 5.92 Å². The molecule has 0 nitrogen and oxygen atoms in total. The van der Waals surface area contributed by atoms with E-state index in [9.17, 15) is 0 Å². The maximum absolute atomic E-state index is 2.42. The molecule has 0 N–H and O–H groups in total. The molecule has 0 spiro atoms. The Hall–Kier alpha value is 0.217. The third-order valence-corrected chi connectivity index (χ3v) is 9.49. The molecule has 0 aromatic rings. The maximum atomic E-state index is 2.42. The lowest BCUT2D eigenvalue weighted by Gasteiger charge is -2.28. The first-order valence-corrected chi connectivity index (χ1v) is 9.01. The van der Waals surface area contributed by atoms with Crippen molar-refractivity contribution < 1.29 is 0 Å². The lowest BCUT2D eigenvalue weighted by molar-refractivity contribution is 0.707. The van der Waals surface area contributed by atoms with Crippen molar-refractivity contribution in [1.29, 1.82) is 0 Å². The summed E-state index contributed by atoms with van der Waals surface area (Å²) in [6, 6.07) is 6.57. The van der Waals surface area contributed by atoms with Crippen LogP contribution in [-0.4, -0.2) is 8.07 Å². The summed E-state index contributed by atoms with van der Waals surface area (Å²) in [5.41, 5.74) is 0. The van der Waals surface area contributed by atoms with Crippen molar-refractivity contribution in [2.75, 3.05) is 0 Å². The second-order valence-corrected chi connectivity index (χ2v) is 10.3. The minimum absolute atomic E-state index is 0.716. The molecule has 0 bridgehead atoms. The lowest BCUT2D eigenvalue weighted by Crippen LogP contribution is -2.31. The molecule has 78 valence electrons. The minimum Gasteiger partial charge on any atom is -0.0654 e. The highest BCUT2D eigenvalue weighted by atomic mass is 28.3. The van der Waals surface area contributed by atoms with Gasteiger partial charge in [0, 0.05) is 0 Å². The van der Waals surface area contributed by atoms with Gasteiger partial charge in [-0.25, -0.2) is 0 Å². The average molecular weight is 198 g/mol. The van der Waals surface area contributed by atoms with Gasteiger partial charge in [0.25, 0.3) is 0 Å². The van der Waals surface area contributed by atoms with Crippen molar-refractivity contribution in [3.8, 4) is 0 Å². The lowest BCUT2D eigenvalue weighted by atomic mass is 10.3. The molecule has 1 fully saturated rings. The Morgan fingerprint density at radius 2 is 1.77 bits per heavy atom. The Balaban J connectivity index is 2.42. The largest absolute Gasteiger partial charge is 0.0654 e. The summed E-state index contributed by atoms with van der Waals surface area (Å²) in [6.45, 7) is 7.17. The van der Waals surface area contributed by atoms with E-state index in [1.807, 2.05) is 0 Å². The molecular weight excluding hydrogens is 172 g/mol. The standard InChI is InChI=1S/C12H26Si/c1-4-5-8-13(11-12(2)3)9-6-7-10-13/h12H,4-11H2,1-3H3. The Bertz CT molecular complexity index is 134. The van der Waals surface area contributed by atoms with Gasteiger partial charge in [0.2, 0.25) is 0 Å². The molecule has 1 heterocycles. The minimum atomic E-state index is -0.716. The average Bonchev–Trinajstić information content (AvgIpc) is 2.49. The van der Waals surface area contributed by atoms with Crippen LogP contribution in [0.2, 0.25) is 24.2 Å². The number of hydrogen-bond donors (Lipinski definition) is 0. The SMILES string of the molecule is CCCC[Si]1(CC(C)C)CCCC1. The summed E-state index contributed by atoms with van der Waals surface area (Å²) in [4.78, 5) is 0. The van der Waals surface area contributed by atoms with Gasteiger partial charge in [-0.2, -0.15) is 0 Å². The van der Waals surface area contributed by atoms with Gasteiger partial charge in [0.1, 0.15) is 0 Å². The number of rotatable bonds is 5. The van der Waals surface area contributed by atoms with Gasteiger partial charge in [-0.3, -0.25) is 0 Å². The van der Waals surface area contributed by atoms with Crippen molar-refractivity contribution in [1.82, 2.24) is 0 Å². The smallest absolute Gasteiger partial charge is 0.0538 e. The molecule has 0 atom stereocenters. The van der Waals surface area contributed by atoms with Crippen molar-refractivity contribution in [3.63, 3.8) is 0 Å². The molecule has 1 aliphatic rings. The van der Waals surface area contributed by atoms with E-state index in [2.05, 4.69) is 20.8 Å². The van der Waals surface area contributed by atoms with Crippen molar-refractivity contribution >= 4 is 8.07 Å². The Labute approximate surface area is 85.1 Å². The summed E-state index contributed by atoms with van der Waals surface area (Å²) >= 11 is 0. The highest BCUT2D eigenvalue weighted by molar-refractivity contribution is 6.80. The van der Waals surface area contributed by atoms with E-state index >= 15 is 0 Å². The zero-order chi connectivity index (χ0) is 9.73. The summed E-state index contributed by atoms with van der Waals surface area (Å²) < 4.78 is 0. The van der Waals surface area contributed by atoms with Gasteiger partial charge in [0.05, 0.1) is 8.07 Å². The molecule has 0 aromatic carbocycles. The molecule has 0 aliphatic carbocycles. The molecule has 0 radical (unpaired) electrons. The first kappa shape index (κ1) is 11.3. The Kier molecular flexibility index (Phi) is 4.50. The number of hydrogen-bond acceptors (Lipinski definition) is 0. The fraction of sp³-hybridized carbons (Fsp3) is 1.00. The quantitative estimate of drug-likeness (QED) is 0.562. The van der Waals surface area contributed by atoms with E-state index in [-0.39, 0.29) is 0 Å². The molecular formula is C12H26Si. The van der Waals surface area contributed by atoms with Gasteiger partial charge in [-0.1, -0.05) is 70.6 Å². The van der Waals surface area contributed by atoms with Crippen molar-refractivity contribution in [3.05, 3.63) is 0 Å². The second kappa shape index (κ2) is 5.19. The van der Waals surface area contributed by atoms with E-state index in [0.29, 0.717) is 0 Å². The van der Waals surface area contributed by atoms with Gasteiger partial charge in [0.15, 0.2) is 0 Å². The van der Waals surface area contributed by atoms with E-state index in [1.54, 1.807) is 37.0 Å². The second-order valence-electron chi connectivity index (χ2n) is 5.41. The van der Waals surface area contributed by atoms with Crippen LogP contribution in [-0.2, 0) is 0 Å². The van der Waals surface area contributed by atoms with Crippen LogP contribution >= 0.6 is 0 Å². The molecule has 0 saturated carbocycles. The summed E-state index contributed by atoms with van der Waals surface area (Å²) in [6.07, 6.45) is 6.04. The topological polar surface area (TPSA) is 0 Å². The highest BCUT2D eigenvalue weighted by Crippen LogP contribution is 2.39. The van der Waals surface area contributed by atoms with E-state index in [4.69, 9.17) is 0 Å². The van der Waals surface area contributed by atoms with Crippen LogP contribution < -0.4 is 0 Å². The molecule has 0 unspecified atom stereocenters. The predicted molar refractivity (Wildman–Crippen MR) is 64.0 cm³/mol.